The van der Waals surface area contributed by atoms with E-state index in [1.54, 1.807) is 16.7 Å². The van der Waals surface area contributed by atoms with Crippen LogP contribution in [0.2, 0.25) is 5.02 Å². The average Bonchev–Trinajstić information content (AvgIpc) is 3.26. The third-order valence-electron chi connectivity index (χ3n) is 6.86. The summed E-state index contributed by atoms with van der Waals surface area (Å²) in [5.41, 5.74) is 4.36. The van der Waals surface area contributed by atoms with Gasteiger partial charge >= 0.3 is 0 Å². The van der Waals surface area contributed by atoms with Gasteiger partial charge in [-0.15, -0.1) is 0 Å². The highest BCUT2D eigenvalue weighted by molar-refractivity contribution is 6.30. The first-order valence-corrected chi connectivity index (χ1v) is 12.4. The van der Waals surface area contributed by atoms with Gasteiger partial charge in [-0.3, -0.25) is 9.20 Å². The second-order valence-corrected chi connectivity index (χ2v) is 9.51. The Morgan fingerprint density at radius 3 is 2.46 bits per heavy atom. The molecule has 1 amide bonds. The number of aliphatic hydroxyl groups is 1. The number of aryl methyl sites for hydroxylation is 1. The fraction of sp³-hybridized carbons (Fsp3) is 0.286. The summed E-state index contributed by atoms with van der Waals surface area (Å²) in [6.07, 6.45) is 3.77. The summed E-state index contributed by atoms with van der Waals surface area (Å²) in [5.74, 6) is -0.170. The first-order valence-electron chi connectivity index (χ1n) is 12.0. The summed E-state index contributed by atoms with van der Waals surface area (Å²) in [5, 5.41) is 14.7. The van der Waals surface area contributed by atoms with E-state index in [0.717, 1.165) is 35.6 Å². The molecule has 0 aliphatic carbocycles. The third-order valence-corrected chi connectivity index (χ3v) is 7.08. The highest BCUT2D eigenvalue weighted by Gasteiger charge is 2.33. The Labute approximate surface area is 210 Å². The van der Waals surface area contributed by atoms with Crippen molar-refractivity contribution in [3.63, 3.8) is 0 Å². The maximum Gasteiger partial charge on any atom is 0.270 e. The third kappa shape index (κ3) is 4.77. The SMILES string of the molecule is CCc1nc2ccc(Cl)cn2c1C(=O)NCc1ccc(N2CCC(O)(c3ccccc3)CC2)cc1. The maximum atomic E-state index is 13.0. The number of benzene rings is 2. The summed E-state index contributed by atoms with van der Waals surface area (Å²) in [7, 11) is 0. The molecular formula is C28H29ClN4O2. The van der Waals surface area contributed by atoms with E-state index in [1.165, 1.54) is 0 Å². The number of piperidine rings is 1. The van der Waals surface area contributed by atoms with Gasteiger partial charge in [0.15, 0.2) is 0 Å². The molecule has 7 heteroatoms. The van der Waals surface area contributed by atoms with Crippen LogP contribution in [0.25, 0.3) is 5.65 Å². The van der Waals surface area contributed by atoms with Crippen LogP contribution in [0.5, 0.6) is 0 Å². The van der Waals surface area contributed by atoms with Crippen LogP contribution < -0.4 is 10.2 Å². The van der Waals surface area contributed by atoms with Gasteiger partial charge in [0, 0.05) is 31.5 Å². The second-order valence-electron chi connectivity index (χ2n) is 9.07. The van der Waals surface area contributed by atoms with E-state index in [2.05, 4.69) is 27.3 Å². The van der Waals surface area contributed by atoms with Crippen LogP contribution in [0, 0.1) is 0 Å². The Morgan fingerprint density at radius 2 is 1.77 bits per heavy atom. The number of fused-ring (bicyclic) bond motifs is 1. The number of hydrogen-bond acceptors (Lipinski definition) is 4. The lowest BCUT2D eigenvalue weighted by Gasteiger charge is -2.39. The van der Waals surface area contributed by atoms with Crippen LogP contribution >= 0.6 is 11.6 Å². The number of carbonyl (C=O) groups is 1. The van der Waals surface area contributed by atoms with E-state index in [0.29, 0.717) is 42.2 Å². The normalized spacial score (nSPS) is 15.3. The zero-order valence-corrected chi connectivity index (χ0v) is 20.5. The van der Waals surface area contributed by atoms with Gasteiger partial charge in [-0.2, -0.15) is 0 Å². The van der Waals surface area contributed by atoms with Gasteiger partial charge in [0.05, 0.1) is 16.3 Å². The largest absolute Gasteiger partial charge is 0.385 e. The predicted molar refractivity (Wildman–Crippen MR) is 139 cm³/mol. The van der Waals surface area contributed by atoms with Crippen LogP contribution in [0.4, 0.5) is 5.69 Å². The lowest BCUT2D eigenvalue weighted by atomic mass is 9.84. The molecule has 5 rings (SSSR count). The quantitative estimate of drug-likeness (QED) is 0.402. The molecule has 0 atom stereocenters. The molecule has 2 aromatic carbocycles. The van der Waals surface area contributed by atoms with Crippen LogP contribution in [0.3, 0.4) is 0 Å². The highest BCUT2D eigenvalue weighted by atomic mass is 35.5. The van der Waals surface area contributed by atoms with E-state index in [-0.39, 0.29) is 5.91 Å². The van der Waals surface area contributed by atoms with Crippen LogP contribution in [0.1, 0.15) is 47.1 Å². The number of halogens is 1. The summed E-state index contributed by atoms with van der Waals surface area (Å²) in [6, 6.07) is 21.8. The molecule has 6 nitrogen and oxygen atoms in total. The van der Waals surface area contributed by atoms with Crippen molar-refractivity contribution in [1.82, 2.24) is 14.7 Å². The molecule has 2 aromatic heterocycles. The van der Waals surface area contributed by atoms with Crippen LogP contribution in [-0.4, -0.2) is 33.5 Å². The number of amides is 1. The Hall–Kier alpha value is -3.35. The monoisotopic (exact) mass is 488 g/mol. The second kappa shape index (κ2) is 9.72. The summed E-state index contributed by atoms with van der Waals surface area (Å²) in [4.78, 5) is 19.9. The number of rotatable bonds is 6. The van der Waals surface area contributed by atoms with E-state index in [9.17, 15) is 9.90 Å². The maximum absolute atomic E-state index is 13.0. The van der Waals surface area contributed by atoms with Gasteiger partial charge in [-0.25, -0.2) is 4.98 Å². The molecule has 1 aliphatic heterocycles. The topological polar surface area (TPSA) is 69.9 Å². The molecule has 0 spiro atoms. The number of anilines is 1. The summed E-state index contributed by atoms with van der Waals surface area (Å²) in [6.45, 7) is 3.99. The molecule has 1 aliphatic rings. The van der Waals surface area contributed by atoms with Crippen molar-refractivity contribution in [1.29, 1.82) is 0 Å². The van der Waals surface area contributed by atoms with Crippen molar-refractivity contribution in [2.75, 3.05) is 18.0 Å². The van der Waals surface area contributed by atoms with E-state index < -0.39 is 5.60 Å². The number of hydrogen-bond donors (Lipinski definition) is 2. The lowest BCUT2D eigenvalue weighted by Crippen LogP contribution is -2.42. The number of imidazole rings is 1. The minimum Gasteiger partial charge on any atom is -0.385 e. The zero-order valence-electron chi connectivity index (χ0n) is 19.7. The number of aromatic nitrogens is 2. The van der Waals surface area contributed by atoms with Gasteiger partial charge < -0.3 is 15.3 Å². The molecule has 0 radical (unpaired) electrons. The van der Waals surface area contributed by atoms with Crippen molar-refractivity contribution in [2.45, 2.75) is 38.3 Å². The number of nitrogens with one attached hydrogen (secondary N) is 1. The summed E-state index contributed by atoms with van der Waals surface area (Å²) >= 11 is 6.15. The Morgan fingerprint density at radius 1 is 1.06 bits per heavy atom. The molecule has 3 heterocycles. The lowest BCUT2D eigenvalue weighted by molar-refractivity contribution is 0.0118. The van der Waals surface area contributed by atoms with Crippen molar-refractivity contribution in [3.8, 4) is 0 Å². The van der Waals surface area contributed by atoms with Gasteiger partial charge in [0.25, 0.3) is 5.91 Å². The van der Waals surface area contributed by atoms with E-state index in [4.69, 9.17) is 11.6 Å². The zero-order chi connectivity index (χ0) is 24.4. The van der Waals surface area contributed by atoms with Gasteiger partial charge in [-0.1, -0.05) is 61.0 Å². The predicted octanol–water partition coefficient (Wildman–Crippen LogP) is 4.97. The summed E-state index contributed by atoms with van der Waals surface area (Å²) < 4.78 is 1.76. The molecule has 35 heavy (non-hydrogen) atoms. The van der Waals surface area contributed by atoms with Crippen molar-refractivity contribution < 1.29 is 9.90 Å². The molecule has 0 bridgehead atoms. The highest BCUT2D eigenvalue weighted by Crippen LogP contribution is 2.34. The van der Waals surface area contributed by atoms with Crippen LogP contribution in [0.15, 0.2) is 72.9 Å². The van der Waals surface area contributed by atoms with E-state index in [1.807, 2.05) is 55.5 Å². The molecule has 4 aromatic rings. The fourth-order valence-corrected chi connectivity index (χ4v) is 4.98. The van der Waals surface area contributed by atoms with E-state index >= 15 is 0 Å². The first kappa shape index (κ1) is 23.4. The Balaban J connectivity index is 1.22. The Bertz CT molecular complexity index is 1330. The molecule has 2 N–H and O–H groups in total. The molecular weight excluding hydrogens is 460 g/mol. The van der Waals surface area contributed by atoms with Gasteiger partial charge in [-0.05, 0) is 54.7 Å². The number of pyridine rings is 1. The first-order chi connectivity index (χ1) is 17.0. The van der Waals surface area contributed by atoms with Crippen LogP contribution in [-0.2, 0) is 18.6 Å². The smallest absolute Gasteiger partial charge is 0.270 e. The minimum atomic E-state index is -0.763. The standard InChI is InChI=1S/C28H29ClN4O2/c1-2-24-26(33-19-22(29)10-13-25(33)31-24)27(34)30-18-20-8-11-23(12-9-20)32-16-14-28(35,15-17-32)21-6-4-3-5-7-21/h3-13,19,35H,2,14-18H2,1H3,(H,30,34). The minimum absolute atomic E-state index is 0.170. The number of nitrogens with zero attached hydrogens (tertiary/aromatic N) is 3. The molecule has 180 valence electrons. The molecule has 1 fully saturated rings. The number of carbonyl (C=O) groups excluding carboxylic acids is 1. The molecule has 1 saturated heterocycles. The van der Waals surface area contributed by atoms with Gasteiger partial charge in [0.1, 0.15) is 11.3 Å². The average molecular weight is 489 g/mol. The Kier molecular flexibility index (Phi) is 6.50. The van der Waals surface area contributed by atoms with Crippen molar-refractivity contribution >= 4 is 28.8 Å². The van der Waals surface area contributed by atoms with Crippen molar-refractivity contribution in [3.05, 3.63) is 100 Å². The molecule has 0 saturated carbocycles. The van der Waals surface area contributed by atoms with Crippen molar-refractivity contribution in [2.24, 2.45) is 0 Å². The molecule has 0 unspecified atom stereocenters. The van der Waals surface area contributed by atoms with Gasteiger partial charge in [0.2, 0.25) is 0 Å². The fourth-order valence-electron chi connectivity index (χ4n) is 4.82.